The molecule has 28 heavy (non-hydrogen) atoms. The Morgan fingerprint density at radius 1 is 0.964 bits per heavy atom. The van der Waals surface area contributed by atoms with Gasteiger partial charge in [-0.2, -0.15) is 0 Å². The van der Waals surface area contributed by atoms with E-state index in [0.717, 1.165) is 32.8 Å². The van der Waals surface area contributed by atoms with Gasteiger partial charge in [-0.25, -0.2) is 4.98 Å². The molecular weight excluding hydrogens is 370 g/mol. The third-order valence-corrected chi connectivity index (χ3v) is 5.21. The standard InChI is InChI=1S/C21H17N5OS/c1-13-3-4-15(19-10-23-12-28-19)7-17(13)18-9-25-20(11-24-18)26-21(27)16-5-6-22-8-14(16)2/h3-12H,1-2H3,(H,25,26,27). The van der Waals surface area contributed by atoms with Gasteiger partial charge in [-0.1, -0.05) is 12.1 Å². The second-order valence-corrected chi connectivity index (χ2v) is 7.21. The summed E-state index contributed by atoms with van der Waals surface area (Å²) in [6.07, 6.45) is 8.35. The van der Waals surface area contributed by atoms with Crippen molar-refractivity contribution in [2.45, 2.75) is 13.8 Å². The molecule has 0 aliphatic heterocycles. The van der Waals surface area contributed by atoms with Gasteiger partial charge in [0.15, 0.2) is 5.82 Å². The van der Waals surface area contributed by atoms with Crippen molar-refractivity contribution >= 4 is 23.1 Å². The topological polar surface area (TPSA) is 80.7 Å². The summed E-state index contributed by atoms with van der Waals surface area (Å²) < 4.78 is 0. The zero-order valence-electron chi connectivity index (χ0n) is 15.4. The summed E-state index contributed by atoms with van der Waals surface area (Å²) in [4.78, 5) is 30.5. The Morgan fingerprint density at radius 2 is 1.86 bits per heavy atom. The quantitative estimate of drug-likeness (QED) is 0.556. The molecule has 0 saturated carbocycles. The minimum atomic E-state index is -0.231. The van der Waals surface area contributed by atoms with Gasteiger partial charge in [0.05, 0.1) is 28.5 Å². The molecule has 1 amide bonds. The first kappa shape index (κ1) is 17.9. The lowest BCUT2D eigenvalue weighted by molar-refractivity contribution is 0.102. The maximum absolute atomic E-state index is 12.4. The number of rotatable bonds is 4. The van der Waals surface area contributed by atoms with E-state index in [2.05, 4.69) is 43.5 Å². The zero-order valence-corrected chi connectivity index (χ0v) is 16.2. The molecule has 1 aromatic carbocycles. The second-order valence-electron chi connectivity index (χ2n) is 6.33. The van der Waals surface area contributed by atoms with E-state index in [-0.39, 0.29) is 5.91 Å². The highest BCUT2D eigenvalue weighted by Crippen LogP contribution is 2.30. The number of carbonyl (C=O) groups is 1. The van der Waals surface area contributed by atoms with Crippen LogP contribution in [0.15, 0.2) is 60.8 Å². The van der Waals surface area contributed by atoms with Gasteiger partial charge in [-0.05, 0) is 42.7 Å². The van der Waals surface area contributed by atoms with Crippen LogP contribution in [0.1, 0.15) is 21.5 Å². The highest BCUT2D eigenvalue weighted by Gasteiger charge is 2.11. The van der Waals surface area contributed by atoms with Crippen LogP contribution < -0.4 is 5.32 Å². The van der Waals surface area contributed by atoms with Crippen molar-refractivity contribution in [1.82, 2.24) is 19.9 Å². The Bertz CT molecular complexity index is 1120. The summed E-state index contributed by atoms with van der Waals surface area (Å²) >= 11 is 1.59. The number of hydrogen-bond donors (Lipinski definition) is 1. The molecule has 3 aromatic heterocycles. The largest absolute Gasteiger partial charge is 0.305 e. The Labute approximate surface area is 166 Å². The van der Waals surface area contributed by atoms with E-state index in [0.29, 0.717) is 11.4 Å². The summed E-state index contributed by atoms with van der Waals surface area (Å²) in [5.74, 6) is 0.173. The normalized spacial score (nSPS) is 10.6. The van der Waals surface area contributed by atoms with Crippen molar-refractivity contribution < 1.29 is 4.79 Å². The molecule has 6 nitrogen and oxygen atoms in total. The molecule has 1 N–H and O–H groups in total. The van der Waals surface area contributed by atoms with Crippen molar-refractivity contribution in [3.8, 4) is 21.7 Å². The maximum Gasteiger partial charge on any atom is 0.257 e. The summed E-state index contributed by atoms with van der Waals surface area (Å²) in [7, 11) is 0. The molecule has 4 rings (SSSR count). The van der Waals surface area contributed by atoms with E-state index in [4.69, 9.17) is 0 Å². The smallest absolute Gasteiger partial charge is 0.257 e. The maximum atomic E-state index is 12.4. The number of thiazole rings is 1. The van der Waals surface area contributed by atoms with E-state index in [1.165, 1.54) is 0 Å². The SMILES string of the molecule is Cc1cnccc1C(=O)Nc1cnc(-c2cc(-c3cncs3)ccc2C)cn1. The van der Waals surface area contributed by atoms with Crippen LogP contribution >= 0.6 is 11.3 Å². The Kier molecular flexibility index (Phi) is 4.90. The number of benzene rings is 1. The second kappa shape index (κ2) is 7.66. The van der Waals surface area contributed by atoms with E-state index in [9.17, 15) is 4.79 Å². The predicted octanol–water partition coefficient (Wildman–Crippen LogP) is 4.53. The molecule has 0 unspecified atom stereocenters. The molecule has 7 heteroatoms. The van der Waals surface area contributed by atoms with E-state index >= 15 is 0 Å². The van der Waals surface area contributed by atoms with Crippen LogP contribution in [-0.4, -0.2) is 25.8 Å². The number of aromatic nitrogens is 4. The molecule has 0 saturated heterocycles. The lowest BCUT2D eigenvalue weighted by Gasteiger charge is -2.09. The van der Waals surface area contributed by atoms with Crippen LogP contribution in [0.5, 0.6) is 0 Å². The molecule has 0 aliphatic rings. The minimum Gasteiger partial charge on any atom is -0.305 e. The van der Waals surface area contributed by atoms with Crippen molar-refractivity contribution in [2.24, 2.45) is 0 Å². The molecule has 3 heterocycles. The fourth-order valence-corrected chi connectivity index (χ4v) is 3.47. The number of nitrogens with one attached hydrogen (secondary N) is 1. The number of aryl methyl sites for hydroxylation is 2. The number of hydrogen-bond acceptors (Lipinski definition) is 6. The van der Waals surface area contributed by atoms with Gasteiger partial charge in [-0.15, -0.1) is 11.3 Å². The molecule has 0 aliphatic carbocycles. The van der Waals surface area contributed by atoms with Crippen LogP contribution in [0, 0.1) is 13.8 Å². The van der Waals surface area contributed by atoms with Gasteiger partial charge in [0.25, 0.3) is 5.91 Å². The first-order valence-electron chi connectivity index (χ1n) is 8.66. The Morgan fingerprint density at radius 3 is 2.57 bits per heavy atom. The van der Waals surface area contributed by atoms with Gasteiger partial charge in [-0.3, -0.25) is 19.7 Å². The molecule has 0 fully saturated rings. The van der Waals surface area contributed by atoms with E-state index < -0.39 is 0 Å². The zero-order chi connectivity index (χ0) is 19.5. The number of amides is 1. The molecular formula is C21H17N5OS. The van der Waals surface area contributed by atoms with E-state index in [1.807, 2.05) is 25.6 Å². The molecule has 0 atom stereocenters. The van der Waals surface area contributed by atoms with Crippen molar-refractivity contribution in [3.05, 3.63) is 77.5 Å². The van der Waals surface area contributed by atoms with Crippen molar-refractivity contribution in [1.29, 1.82) is 0 Å². The minimum absolute atomic E-state index is 0.231. The number of pyridine rings is 1. The average molecular weight is 387 g/mol. The average Bonchev–Trinajstić information content (AvgIpc) is 3.24. The highest BCUT2D eigenvalue weighted by molar-refractivity contribution is 7.13. The lowest BCUT2D eigenvalue weighted by atomic mass is 10.0. The van der Waals surface area contributed by atoms with Crippen LogP contribution in [0.2, 0.25) is 0 Å². The number of anilines is 1. The summed E-state index contributed by atoms with van der Waals surface area (Å²) in [5, 5.41) is 2.78. The number of nitrogens with zero attached hydrogens (tertiary/aromatic N) is 4. The summed E-state index contributed by atoms with van der Waals surface area (Å²) in [6.45, 7) is 3.88. The molecule has 0 bridgehead atoms. The van der Waals surface area contributed by atoms with Gasteiger partial charge in [0, 0.05) is 29.7 Å². The predicted molar refractivity (Wildman–Crippen MR) is 110 cm³/mol. The van der Waals surface area contributed by atoms with Gasteiger partial charge < -0.3 is 5.32 Å². The van der Waals surface area contributed by atoms with Crippen molar-refractivity contribution in [3.63, 3.8) is 0 Å². The molecule has 138 valence electrons. The van der Waals surface area contributed by atoms with Crippen LogP contribution in [0.25, 0.3) is 21.7 Å². The molecule has 0 radical (unpaired) electrons. The monoisotopic (exact) mass is 387 g/mol. The van der Waals surface area contributed by atoms with Crippen molar-refractivity contribution in [2.75, 3.05) is 5.32 Å². The first-order valence-corrected chi connectivity index (χ1v) is 9.53. The van der Waals surface area contributed by atoms with Gasteiger partial charge >= 0.3 is 0 Å². The fourth-order valence-electron chi connectivity index (χ4n) is 2.85. The lowest BCUT2D eigenvalue weighted by Crippen LogP contribution is -2.14. The first-order chi connectivity index (χ1) is 13.6. The third kappa shape index (κ3) is 3.65. The number of carbonyl (C=O) groups excluding carboxylic acids is 1. The summed E-state index contributed by atoms with van der Waals surface area (Å²) in [5.41, 5.74) is 7.14. The fraction of sp³-hybridized carbons (Fsp3) is 0.0952. The summed E-state index contributed by atoms with van der Waals surface area (Å²) in [6, 6.07) is 7.91. The van der Waals surface area contributed by atoms with Crippen LogP contribution in [0.3, 0.4) is 0 Å². The Balaban J connectivity index is 1.58. The van der Waals surface area contributed by atoms with Gasteiger partial charge in [0.1, 0.15) is 0 Å². The highest BCUT2D eigenvalue weighted by atomic mass is 32.1. The van der Waals surface area contributed by atoms with E-state index in [1.54, 1.807) is 42.2 Å². The third-order valence-electron chi connectivity index (χ3n) is 4.39. The Hall–Kier alpha value is -3.45. The molecule has 0 spiro atoms. The van der Waals surface area contributed by atoms with Gasteiger partial charge in [0.2, 0.25) is 0 Å². The molecule has 4 aromatic rings. The van der Waals surface area contributed by atoms with Crippen LogP contribution in [0.4, 0.5) is 5.82 Å². The van der Waals surface area contributed by atoms with Crippen LogP contribution in [-0.2, 0) is 0 Å².